The van der Waals surface area contributed by atoms with Gasteiger partial charge in [0.15, 0.2) is 0 Å². The third kappa shape index (κ3) is 1.82. The zero-order valence-electron chi connectivity index (χ0n) is 8.49. The van der Waals surface area contributed by atoms with E-state index in [4.69, 9.17) is 0 Å². The maximum atomic E-state index is 4.19. The van der Waals surface area contributed by atoms with E-state index in [0.717, 1.165) is 5.69 Å². The van der Waals surface area contributed by atoms with Crippen molar-refractivity contribution in [1.82, 2.24) is 4.98 Å². The molecule has 0 unspecified atom stereocenters. The lowest BCUT2D eigenvalue weighted by Gasteiger charge is -2.03. The molecule has 70 valence electrons. The van der Waals surface area contributed by atoms with Gasteiger partial charge in [-0.2, -0.15) is 0 Å². The highest BCUT2D eigenvalue weighted by Gasteiger charge is 1.97. The number of nitrogens with zero attached hydrogens (tertiary/aromatic N) is 1. The van der Waals surface area contributed by atoms with Crippen LogP contribution in [0.2, 0.25) is 0 Å². The molecule has 0 aliphatic rings. The Balaban J connectivity index is 2.49. The first-order valence-electron chi connectivity index (χ1n) is 4.75. The van der Waals surface area contributed by atoms with Crippen LogP contribution in [0.5, 0.6) is 0 Å². The van der Waals surface area contributed by atoms with Crippen LogP contribution in [0.15, 0.2) is 42.6 Å². The molecule has 2 rings (SSSR count). The molecule has 0 saturated carbocycles. The van der Waals surface area contributed by atoms with Gasteiger partial charge < -0.3 is 0 Å². The Labute approximate surface area is 84.4 Å². The molecule has 14 heavy (non-hydrogen) atoms. The molecule has 2 aromatic rings. The molecule has 0 amide bonds. The minimum absolute atomic E-state index is 1.06. The van der Waals surface area contributed by atoms with Gasteiger partial charge in [0, 0.05) is 11.9 Å². The van der Waals surface area contributed by atoms with Crippen LogP contribution < -0.4 is 0 Å². The minimum Gasteiger partial charge on any atom is -0.262 e. The molecule has 1 heteroatoms. The van der Waals surface area contributed by atoms with Crippen molar-refractivity contribution in [3.8, 4) is 11.1 Å². The van der Waals surface area contributed by atoms with E-state index in [2.05, 4.69) is 42.2 Å². The Bertz CT molecular complexity index is 403. The fraction of sp³-hybridized carbons (Fsp3) is 0.154. The average molecular weight is 183 g/mol. The first kappa shape index (κ1) is 8.95. The highest BCUT2D eigenvalue weighted by Crippen LogP contribution is 2.19. The van der Waals surface area contributed by atoms with Crippen molar-refractivity contribution in [2.24, 2.45) is 0 Å². The SMILES string of the molecule is Cc1cccc(-c2ccnc(C)c2)c1. The molecule has 1 heterocycles. The summed E-state index contributed by atoms with van der Waals surface area (Å²) in [7, 11) is 0. The maximum absolute atomic E-state index is 4.19. The fourth-order valence-corrected chi connectivity index (χ4v) is 1.55. The Morgan fingerprint density at radius 2 is 1.71 bits per heavy atom. The first-order valence-corrected chi connectivity index (χ1v) is 4.75. The van der Waals surface area contributed by atoms with Crippen molar-refractivity contribution in [3.63, 3.8) is 0 Å². The van der Waals surface area contributed by atoms with E-state index in [1.807, 2.05) is 19.2 Å². The number of hydrogen-bond acceptors (Lipinski definition) is 1. The molecular formula is C13H13N. The number of pyridine rings is 1. The minimum atomic E-state index is 1.06. The third-order valence-electron chi connectivity index (χ3n) is 2.25. The topological polar surface area (TPSA) is 12.9 Å². The zero-order chi connectivity index (χ0) is 9.97. The van der Waals surface area contributed by atoms with Crippen LogP contribution in [-0.2, 0) is 0 Å². The molecule has 0 saturated heterocycles. The summed E-state index contributed by atoms with van der Waals surface area (Å²) in [6, 6.07) is 12.7. The van der Waals surface area contributed by atoms with Gasteiger partial charge >= 0.3 is 0 Å². The predicted molar refractivity (Wildman–Crippen MR) is 59.1 cm³/mol. The summed E-state index contributed by atoms with van der Waals surface area (Å²) in [6.07, 6.45) is 1.85. The molecule has 0 bridgehead atoms. The second-order valence-electron chi connectivity index (χ2n) is 3.56. The van der Waals surface area contributed by atoms with Crippen LogP contribution in [0.4, 0.5) is 0 Å². The lowest BCUT2D eigenvalue weighted by molar-refractivity contribution is 1.20. The predicted octanol–water partition coefficient (Wildman–Crippen LogP) is 3.37. The van der Waals surface area contributed by atoms with Gasteiger partial charge in [-0.15, -0.1) is 0 Å². The van der Waals surface area contributed by atoms with Crippen LogP contribution in [0.3, 0.4) is 0 Å². The summed E-state index contributed by atoms with van der Waals surface area (Å²) in [5, 5.41) is 0. The molecule has 0 atom stereocenters. The van der Waals surface area contributed by atoms with E-state index < -0.39 is 0 Å². The second kappa shape index (κ2) is 3.62. The van der Waals surface area contributed by atoms with E-state index in [1.54, 1.807) is 0 Å². The van der Waals surface area contributed by atoms with Gasteiger partial charge in [0.1, 0.15) is 0 Å². The molecule has 0 aliphatic heterocycles. The average Bonchev–Trinajstić information content (AvgIpc) is 2.18. The van der Waals surface area contributed by atoms with E-state index in [9.17, 15) is 0 Å². The normalized spacial score (nSPS) is 10.1. The lowest BCUT2D eigenvalue weighted by atomic mass is 10.0. The smallest absolute Gasteiger partial charge is 0.0378 e. The van der Waals surface area contributed by atoms with Crippen LogP contribution in [0.1, 0.15) is 11.3 Å². The summed E-state index contributed by atoms with van der Waals surface area (Å²) in [5.41, 5.74) is 4.85. The highest BCUT2D eigenvalue weighted by atomic mass is 14.6. The van der Waals surface area contributed by atoms with E-state index >= 15 is 0 Å². The van der Waals surface area contributed by atoms with Crippen molar-refractivity contribution < 1.29 is 0 Å². The molecule has 1 aromatic heterocycles. The second-order valence-corrected chi connectivity index (χ2v) is 3.56. The van der Waals surface area contributed by atoms with Crippen molar-refractivity contribution in [2.75, 3.05) is 0 Å². The Kier molecular flexibility index (Phi) is 2.32. The highest BCUT2D eigenvalue weighted by molar-refractivity contribution is 5.63. The number of benzene rings is 1. The van der Waals surface area contributed by atoms with Crippen molar-refractivity contribution in [2.45, 2.75) is 13.8 Å². The lowest BCUT2D eigenvalue weighted by Crippen LogP contribution is -1.83. The van der Waals surface area contributed by atoms with Gasteiger partial charge in [0.2, 0.25) is 0 Å². The van der Waals surface area contributed by atoms with Crippen molar-refractivity contribution >= 4 is 0 Å². The van der Waals surface area contributed by atoms with Gasteiger partial charge in [-0.25, -0.2) is 0 Å². The van der Waals surface area contributed by atoms with Gasteiger partial charge in [-0.3, -0.25) is 4.98 Å². The quantitative estimate of drug-likeness (QED) is 0.660. The van der Waals surface area contributed by atoms with Crippen molar-refractivity contribution in [1.29, 1.82) is 0 Å². The summed E-state index contributed by atoms with van der Waals surface area (Å²) in [4.78, 5) is 4.19. The van der Waals surface area contributed by atoms with Crippen LogP contribution in [0.25, 0.3) is 11.1 Å². The summed E-state index contributed by atoms with van der Waals surface area (Å²) in [6.45, 7) is 4.12. The van der Waals surface area contributed by atoms with Crippen LogP contribution in [0, 0.1) is 13.8 Å². The molecule has 0 N–H and O–H groups in total. The summed E-state index contributed by atoms with van der Waals surface area (Å²) < 4.78 is 0. The van der Waals surface area contributed by atoms with E-state index in [1.165, 1.54) is 16.7 Å². The van der Waals surface area contributed by atoms with Gasteiger partial charge in [-0.1, -0.05) is 29.8 Å². The van der Waals surface area contributed by atoms with Crippen LogP contribution >= 0.6 is 0 Å². The molecule has 0 radical (unpaired) electrons. The monoisotopic (exact) mass is 183 g/mol. The standard InChI is InChI=1S/C13H13N/c1-10-4-3-5-12(8-10)13-6-7-14-11(2)9-13/h3-9H,1-2H3. The van der Waals surface area contributed by atoms with Gasteiger partial charge in [-0.05, 0) is 37.1 Å². The molecule has 1 nitrogen and oxygen atoms in total. The fourth-order valence-electron chi connectivity index (χ4n) is 1.55. The largest absolute Gasteiger partial charge is 0.262 e. The Hall–Kier alpha value is -1.63. The molecule has 0 aliphatic carbocycles. The van der Waals surface area contributed by atoms with Gasteiger partial charge in [0.05, 0.1) is 0 Å². The molecule has 0 fully saturated rings. The number of rotatable bonds is 1. The van der Waals surface area contributed by atoms with Crippen molar-refractivity contribution in [3.05, 3.63) is 53.9 Å². The van der Waals surface area contributed by atoms with E-state index in [-0.39, 0.29) is 0 Å². The maximum Gasteiger partial charge on any atom is 0.0378 e. The summed E-state index contributed by atoms with van der Waals surface area (Å²) in [5.74, 6) is 0. The first-order chi connectivity index (χ1) is 6.75. The Morgan fingerprint density at radius 1 is 0.929 bits per heavy atom. The Morgan fingerprint density at radius 3 is 2.43 bits per heavy atom. The number of aromatic nitrogens is 1. The number of hydrogen-bond donors (Lipinski definition) is 0. The number of aryl methyl sites for hydroxylation is 2. The van der Waals surface area contributed by atoms with Gasteiger partial charge in [0.25, 0.3) is 0 Å². The summed E-state index contributed by atoms with van der Waals surface area (Å²) >= 11 is 0. The third-order valence-corrected chi connectivity index (χ3v) is 2.25. The molecular weight excluding hydrogens is 170 g/mol. The molecule has 1 aromatic carbocycles. The molecule has 0 spiro atoms. The zero-order valence-corrected chi connectivity index (χ0v) is 8.49. The van der Waals surface area contributed by atoms with E-state index in [0.29, 0.717) is 0 Å². The van der Waals surface area contributed by atoms with Crippen LogP contribution in [-0.4, -0.2) is 4.98 Å².